The van der Waals surface area contributed by atoms with Crippen LogP contribution in [0.25, 0.3) is 0 Å². The maximum Gasteiger partial charge on any atom is 0.255 e. The number of benzene rings is 1. The van der Waals surface area contributed by atoms with Gasteiger partial charge in [-0.1, -0.05) is 35.3 Å². The summed E-state index contributed by atoms with van der Waals surface area (Å²) in [5.41, 5.74) is 3.48. The van der Waals surface area contributed by atoms with E-state index in [2.05, 4.69) is 22.0 Å². The molecule has 196 valence electrons. The SMILES string of the molecule is CC1=C(N2CCC(CCN3CCC(F)(F)CC3)CC2)C(NC(=O)c2cccc(Cl)c2)=CC(Cl)=CCC1. The lowest BCUT2D eigenvalue weighted by Gasteiger charge is -2.38. The van der Waals surface area contributed by atoms with Crippen LogP contribution in [0.5, 0.6) is 0 Å². The summed E-state index contributed by atoms with van der Waals surface area (Å²) >= 11 is 12.6. The zero-order chi connectivity index (χ0) is 25.7. The van der Waals surface area contributed by atoms with Crippen LogP contribution in [0.1, 0.15) is 62.2 Å². The van der Waals surface area contributed by atoms with Crippen LogP contribution in [-0.2, 0) is 0 Å². The Morgan fingerprint density at radius 3 is 2.56 bits per heavy atom. The lowest BCUT2D eigenvalue weighted by Crippen LogP contribution is -2.41. The van der Waals surface area contributed by atoms with E-state index in [0.29, 0.717) is 40.3 Å². The number of piperidine rings is 2. The maximum atomic E-state index is 13.4. The molecule has 2 fully saturated rings. The summed E-state index contributed by atoms with van der Waals surface area (Å²) in [6.07, 6.45) is 8.63. The molecule has 4 nitrogen and oxygen atoms in total. The Morgan fingerprint density at radius 1 is 1.14 bits per heavy atom. The molecule has 0 radical (unpaired) electrons. The van der Waals surface area contributed by atoms with E-state index >= 15 is 0 Å². The van der Waals surface area contributed by atoms with Crippen molar-refractivity contribution in [1.82, 2.24) is 15.1 Å². The van der Waals surface area contributed by atoms with Crippen molar-refractivity contribution in [3.63, 3.8) is 0 Å². The van der Waals surface area contributed by atoms with Crippen molar-refractivity contribution in [2.24, 2.45) is 5.92 Å². The highest BCUT2D eigenvalue weighted by Crippen LogP contribution is 2.32. The fourth-order valence-electron chi connectivity index (χ4n) is 5.31. The monoisotopic (exact) mass is 537 g/mol. The van der Waals surface area contributed by atoms with E-state index in [9.17, 15) is 13.6 Å². The summed E-state index contributed by atoms with van der Waals surface area (Å²) in [6, 6.07) is 6.91. The number of halogens is 4. The van der Waals surface area contributed by atoms with Crippen molar-refractivity contribution in [2.45, 2.75) is 57.8 Å². The second kappa shape index (κ2) is 12.1. The van der Waals surface area contributed by atoms with Gasteiger partial charge in [0.05, 0.1) is 11.4 Å². The van der Waals surface area contributed by atoms with Crippen LogP contribution in [0, 0.1) is 5.92 Å². The third kappa shape index (κ3) is 7.33. The minimum Gasteiger partial charge on any atom is -0.370 e. The number of nitrogens with zero attached hydrogens (tertiary/aromatic N) is 2. The largest absolute Gasteiger partial charge is 0.370 e. The summed E-state index contributed by atoms with van der Waals surface area (Å²) in [5.74, 6) is -2.13. The third-order valence-corrected chi connectivity index (χ3v) is 8.01. The second-order valence-electron chi connectivity index (χ2n) is 10.2. The van der Waals surface area contributed by atoms with Crippen LogP contribution in [0.15, 0.2) is 58.4 Å². The molecule has 3 aliphatic rings. The van der Waals surface area contributed by atoms with Crippen LogP contribution < -0.4 is 5.32 Å². The molecular weight excluding hydrogens is 503 g/mol. The molecule has 1 aromatic carbocycles. The molecular formula is C28H35Cl2F2N3O. The molecule has 8 heteroatoms. The van der Waals surface area contributed by atoms with Crippen molar-refractivity contribution in [3.8, 4) is 0 Å². The van der Waals surface area contributed by atoms with E-state index in [1.807, 2.05) is 12.2 Å². The van der Waals surface area contributed by atoms with Gasteiger partial charge in [0.1, 0.15) is 0 Å². The van der Waals surface area contributed by atoms with Crippen molar-refractivity contribution in [3.05, 3.63) is 69.0 Å². The molecule has 4 rings (SSSR count). The van der Waals surface area contributed by atoms with Crippen LogP contribution in [0.2, 0.25) is 5.02 Å². The molecule has 2 saturated heterocycles. The number of likely N-dealkylation sites (tertiary alicyclic amines) is 2. The second-order valence-corrected chi connectivity index (χ2v) is 11.1. The van der Waals surface area contributed by atoms with E-state index in [1.54, 1.807) is 24.3 Å². The fraction of sp³-hybridized carbons (Fsp3) is 0.536. The molecule has 0 unspecified atom stereocenters. The quantitative estimate of drug-likeness (QED) is 0.425. The number of amides is 1. The average molecular weight is 539 g/mol. The molecule has 0 bridgehead atoms. The number of hydrogen-bond donors (Lipinski definition) is 1. The van der Waals surface area contributed by atoms with E-state index in [1.165, 1.54) is 5.57 Å². The minimum absolute atomic E-state index is 0.0219. The van der Waals surface area contributed by atoms with Crippen LogP contribution >= 0.6 is 23.2 Å². The van der Waals surface area contributed by atoms with Gasteiger partial charge in [-0.25, -0.2) is 8.78 Å². The standard InChI is InChI=1S/C28H35Cl2F2N3O/c1-20-4-2-6-24(30)19-25(33-27(36)22-5-3-7-23(29)18-22)26(20)35-14-9-21(10-15-35)8-13-34-16-11-28(31,32)12-17-34/h3,5-7,18-19,21H,2,4,8-17H2,1H3,(H,33,36). The lowest BCUT2D eigenvalue weighted by molar-refractivity contribution is -0.0559. The zero-order valence-corrected chi connectivity index (χ0v) is 22.4. The molecule has 2 heterocycles. The summed E-state index contributed by atoms with van der Waals surface area (Å²) in [5, 5.41) is 4.22. The first kappa shape index (κ1) is 27.2. The van der Waals surface area contributed by atoms with E-state index < -0.39 is 5.92 Å². The Morgan fingerprint density at radius 2 is 1.86 bits per heavy atom. The van der Waals surface area contributed by atoms with Gasteiger partial charge in [0.2, 0.25) is 0 Å². The summed E-state index contributed by atoms with van der Waals surface area (Å²) < 4.78 is 26.9. The molecule has 1 N–H and O–H groups in total. The zero-order valence-electron chi connectivity index (χ0n) is 20.8. The predicted molar refractivity (Wildman–Crippen MR) is 142 cm³/mol. The molecule has 1 aromatic rings. The highest BCUT2D eigenvalue weighted by Gasteiger charge is 2.34. The maximum absolute atomic E-state index is 13.4. The normalized spacial score (nSPS) is 22.0. The van der Waals surface area contributed by atoms with Gasteiger partial charge in [-0.15, -0.1) is 0 Å². The fourth-order valence-corrected chi connectivity index (χ4v) is 5.72. The van der Waals surface area contributed by atoms with Gasteiger partial charge >= 0.3 is 0 Å². The topological polar surface area (TPSA) is 35.6 Å². The minimum atomic E-state index is -2.49. The Bertz CT molecular complexity index is 1030. The predicted octanol–water partition coefficient (Wildman–Crippen LogP) is 6.98. The Kier molecular flexibility index (Phi) is 9.13. The van der Waals surface area contributed by atoms with Gasteiger partial charge in [0, 0.05) is 54.6 Å². The molecule has 1 amide bonds. The average Bonchev–Trinajstić information content (AvgIpc) is 2.83. The third-order valence-electron chi connectivity index (χ3n) is 7.51. The number of allylic oxidation sites excluding steroid dienone is 4. The molecule has 0 saturated carbocycles. The van der Waals surface area contributed by atoms with E-state index in [0.717, 1.165) is 57.4 Å². The summed E-state index contributed by atoms with van der Waals surface area (Å²) in [7, 11) is 0. The van der Waals surface area contributed by atoms with Crippen molar-refractivity contribution < 1.29 is 13.6 Å². The molecule has 0 atom stereocenters. The van der Waals surface area contributed by atoms with Crippen molar-refractivity contribution in [2.75, 3.05) is 32.7 Å². The molecule has 0 aromatic heterocycles. The summed E-state index contributed by atoms with van der Waals surface area (Å²) in [6.45, 7) is 5.78. The van der Waals surface area contributed by atoms with Crippen LogP contribution in [0.3, 0.4) is 0 Å². The van der Waals surface area contributed by atoms with Gasteiger partial charge in [-0.3, -0.25) is 4.79 Å². The molecule has 2 aliphatic heterocycles. The van der Waals surface area contributed by atoms with Crippen molar-refractivity contribution in [1.29, 1.82) is 0 Å². The first-order chi connectivity index (χ1) is 17.2. The number of rotatable bonds is 6. The van der Waals surface area contributed by atoms with Gasteiger partial charge in [-0.05, 0) is 81.3 Å². The lowest BCUT2D eigenvalue weighted by atomic mass is 9.91. The first-order valence-corrected chi connectivity index (χ1v) is 13.7. The Labute approximate surface area is 223 Å². The molecule has 0 spiro atoms. The number of carbonyl (C=O) groups excluding carboxylic acids is 1. The number of alkyl halides is 2. The van der Waals surface area contributed by atoms with E-state index in [-0.39, 0.29) is 18.7 Å². The van der Waals surface area contributed by atoms with Gasteiger partial charge in [0.15, 0.2) is 0 Å². The van der Waals surface area contributed by atoms with Gasteiger partial charge in [-0.2, -0.15) is 0 Å². The van der Waals surface area contributed by atoms with E-state index in [4.69, 9.17) is 23.2 Å². The highest BCUT2D eigenvalue weighted by atomic mass is 35.5. The molecule has 36 heavy (non-hydrogen) atoms. The number of hydrogen-bond acceptors (Lipinski definition) is 3. The Balaban J connectivity index is 1.40. The Hall–Kier alpha value is -1.89. The van der Waals surface area contributed by atoms with Gasteiger partial charge in [0.25, 0.3) is 11.8 Å². The van der Waals surface area contributed by atoms with Crippen LogP contribution in [0.4, 0.5) is 8.78 Å². The van der Waals surface area contributed by atoms with Crippen molar-refractivity contribution >= 4 is 29.1 Å². The first-order valence-electron chi connectivity index (χ1n) is 12.9. The summed E-state index contributed by atoms with van der Waals surface area (Å²) in [4.78, 5) is 17.6. The molecule has 1 aliphatic carbocycles. The number of carbonyl (C=O) groups is 1. The smallest absolute Gasteiger partial charge is 0.255 e. The highest BCUT2D eigenvalue weighted by molar-refractivity contribution is 6.31. The van der Waals surface area contributed by atoms with Gasteiger partial charge < -0.3 is 15.1 Å². The van der Waals surface area contributed by atoms with Crippen LogP contribution in [-0.4, -0.2) is 54.4 Å². The number of nitrogens with one attached hydrogen (secondary N) is 1.